The predicted molar refractivity (Wildman–Crippen MR) is 40.6 cm³/mol. The van der Waals surface area contributed by atoms with Crippen LogP contribution in [0.2, 0.25) is 0 Å². The molecule has 68 valence electrons. The zero-order valence-electron chi connectivity index (χ0n) is 6.49. The van der Waals surface area contributed by atoms with E-state index in [1.54, 1.807) is 0 Å². The third-order valence-corrected chi connectivity index (χ3v) is 1.79. The topological polar surface area (TPSA) is 95.7 Å². The number of hydrogen-bond donors (Lipinski definition) is 3. The molecular formula is C6H11N3O3. The van der Waals surface area contributed by atoms with Crippen molar-refractivity contribution >= 4 is 12.0 Å². The Bertz CT molecular complexity index is 186. The van der Waals surface area contributed by atoms with Crippen LogP contribution in [0.1, 0.15) is 0 Å². The van der Waals surface area contributed by atoms with Gasteiger partial charge >= 0.3 is 6.09 Å². The Morgan fingerprint density at radius 1 is 1.58 bits per heavy atom. The van der Waals surface area contributed by atoms with E-state index < -0.39 is 18.0 Å². The van der Waals surface area contributed by atoms with Gasteiger partial charge in [-0.2, -0.15) is 0 Å². The molecule has 0 radical (unpaired) electrons. The third-order valence-electron chi connectivity index (χ3n) is 1.79. The van der Waals surface area contributed by atoms with E-state index in [4.69, 9.17) is 10.8 Å². The quantitative estimate of drug-likeness (QED) is 0.446. The van der Waals surface area contributed by atoms with Crippen LogP contribution in [0.5, 0.6) is 0 Å². The van der Waals surface area contributed by atoms with Gasteiger partial charge in [0.1, 0.15) is 6.04 Å². The molecule has 0 saturated carbocycles. The summed E-state index contributed by atoms with van der Waals surface area (Å²) in [6, 6.07) is -0.546. The Hall–Kier alpha value is -1.30. The first kappa shape index (κ1) is 8.79. The number of primary amides is 1. The molecule has 1 aliphatic rings. The fraction of sp³-hybridized carbons (Fsp3) is 0.667. The second-order valence-corrected chi connectivity index (χ2v) is 2.64. The van der Waals surface area contributed by atoms with Gasteiger partial charge in [0, 0.05) is 19.6 Å². The number of carbonyl (C=O) groups is 2. The average molecular weight is 173 g/mol. The van der Waals surface area contributed by atoms with Crippen molar-refractivity contribution in [1.29, 1.82) is 0 Å². The summed E-state index contributed by atoms with van der Waals surface area (Å²) < 4.78 is 0. The number of carboxylic acid groups (broad SMARTS) is 1. The van der Waals surface area contributed by atoms with Crippen LogP contribution in [0.3, 0.4) is 0 Å². The largest absolute Gasteiger partial charge is 0.465 e. The van der Waals surface area contributed by atoms with Crippen LogP contribution in [-0.4, -0.2) is 47.7 Å². The molecular weight excluding hydrogens is 162 g/mol. The minimum atomic E-state index is -1.01. The first-order valence-corrected chi connectivity index (χ1v) is 3.62. The van der Waals surface area contributed by atoms with E-state index >= 15 is 0 Å². The monoisotopic (exact) mass is 173 g/mol. The van der Waals surface area contributed by atoms with Crippen LogP contribution in [0.25, 0.3) is 0 Å². The summed E-state index contributed by atoms with van der Waals surface area (Å²) in [7, 11) is 0. The Balaban J connectivity index is 2.51. The summed E-state index contributed by atoms with van der Waals surface area (Å²) in [6.45, 7) is 1.02. The molecule has 1 unspecified atom stereocenters. The highest BCUT2D eigenvalue weighted by Gasteiger charge is 2.25. The highest BCUT2D eigenvalue weighted by molar-refractivity contribution is 5.81. The molecule has 0 bridgehead atoms. The maximum absolute atomic E-state index is 10.7. The smallest absolute Gasteiger partial charge is 0.407 e. The van der Waals surface area contributed by atoms with Crippen molar-refractivity contribution in [2.75, 3.05) is 19.6 Å². The molecule has 6 nitrogen and oxygen atoms in total. The Labute approximate surface area is 69.3 Å². The Morgan fingerprint density at radius 3 is 2.75 bits per heavy atom. The van der Waals surface area contributed by atoms with Crippen molar-refractivity contribution in [1.82, 2.24) is 10.2 Å². The summed E-state index contributed by atoms with van der Waals surface area (Å²) in [4.78, 5) is 22.3. The minimum absolute atomic E-state index is 0.144. The number of carbonyl (C=O) groups excluding carboxylic acids is 1. The van der Waals surface area contributed by atoms with Gasteiger partial charge in [0.15, 0.2) is 0 Å². The van der Waals surface area contributed by atoms with Crippen molar-refractivity contribution in [3.8, 4) is 0 Å². The number of rotatable bonds is 1. The van der Waals surface area contributed by atoms with Gasteiger partial charge < -0.3 is 21.1 Å². The lowest BCUT2D eigenvalue weighted by Crippen LogP contribution is -2.57. The third kappa shape index (κ3) is 1.85. The fourth-order valence-corrected chi connectivity index (χ4v) is 1.11. The molecule has 1 atom stereocenters. The molecule has 1 saturated heterocycles. The maximum Gasteiger partial charge on any atom is 0.407 e. The van der Waals surface area contributed by atoms with Gasteiger partial charge in [-0.3, -0.25) is 4.79 Å². The number of amides is 2. The minimum Gasteiger partial charge on any atom is -0.465 e. The molecule has 1 heterocycles. The number of nitrogens with zero attached hydrogens (tertiary/aromatic N) is 1. The SMILES string of the molecule is NC(=O)C1CN(C(=O)O)CCN1. The molecule has 1 rings (SSSR count). The molecule has 0 spiro atoms. The molecule has 0 aromatic heterocycles. The van der Waals surface area contributed by atoms with Crippen LogP contribution >= 0.6 is 0 Å². The van der Waals surface area contributed by atoms with Crippen LogP contribution in [0.4, 0.5) is 4.79 Å². The first-order valence-electron chi connectivity index (χ1n) is 3.62. The van der Waals surface area contributed by atoms with Gasteiger partial charge in [-0.15, -0.1) is 0 Å². The van der Waals surface area contributed by atoms with Gasteiger partial charge in [0.25, 0.3) is 0 Å². The van der Waals surface area contributed by atoms with E-state index in [-0.39, 0.29) is 6.54 Å². The molecule has 0 aliphatic carbocycles. The molecule has 6 heteroatoms. The summed E-state index contributed by atoms with van der Waals surface area (Å²) >= 11 is 0. The molecule has 1 aliphatic heterocycles. The summed E-state index contributed by atoms with van der Waals surface area (Å²) in [5, 5.41) is 11.4. The zero-order chi connectivity index (χ0) is 9.14. The van der Waals surface area contributed by atoms with Gasteiger partial charge in [0.05, 0.1) is 0 Å². The van der Waals surface area contributed by atoms with E-state index in [0.717, 1.165) is 0 Å². The molecule has 1 fully saturated rings. The number of hydrogen-bond acceptors (Lipinski definition) is 3. The van der Waals surface area contributed by atoms with E-state index in [1.807, 2.05) is 0 Å². The van der Waals surface area contributed by atoms with E-state index in [9.17, 15) is 9.59 Å². The first-order chi connectivity index (χ1) is 5.61. The molecule has 2 amide bonds. The summed E-state index contributed by atoms with van der Waals surface area (Å²) in [6.07, 6.45) is -1.01. The van der Waals surface area contributed by atoms with Gasteiger partial charge in [0.2, 0.25) is 5.91 Å². The van der Waals surface area contributed by atoms with E-state index in [1.165, 1.54) is 4.90 Å². The zero-order valence-corrected chi connectivity index (χ0v) is 6.49. The number of piperazine rings is 1. The van der Waals surface area contributed by atoms with Crippen LogP contribution < -0.4 is 11.1 Å². The highest BCUT2D eigenvalue weighted by Crippen LogP contribution is 1.98. The second-order valence-electron chi connectivity index (χ2n) is 2.64. The lowest BCUT2D eigenvalue weighted by atomic mass is 10.2. The maximum atomic E-state index is 10.7. The normalized spacial score (nSPS) is 23.7. The van der Waals surface area contributed by atoms with Gasteiger partial charge in [-0.05, 0) is 0 Å². The Morgan fingerprint density at radius 2 is 2.25 bits per heavy atom. The van der Waals surface area contributed by atoms with Crippen LogP contribution in [0.15, 0.2) is 0 Å². The lowest BCUT2D eigenvalue weighted by Gasteiger charge is -2.29. The van der Waals surface area contributed by atoms with E-state index in [2.05, 4.69) is 5.32 Å². The van der Waals surface area contributed by atoms with Crippen molar-refractivity contribution in [2.45, 2.75) is 6.04 Å². The molecule has 0 aromatic carbocycles. The number of nitrogens with one attached hydrogen (secondary N) is 1. The highest BCUT2D eigenvalue weighted by atomic mass is 16.4. The van der Waals surface area contributed by atoms with Gasteiger partial charge in [-0.25, -0.2) is 4.79 Å². The van der Waals surface area contributed by atoms with Crippen molar-refractivity contribution < 1.29 is 14.7 Å². The van der Waals surface area contributed by atoms with Crippen molar-refractivity contribution in [3.63, 3.8) is 0 Å². The molecule has 4 N–H and O–H groups in total. The lowest BCUT2D eigenvalue weighted by molar-refractivity contribution is -0.120. The van der Waals surface area contributed by atoms with Crippen molar-refractivity contribution in [3.05, 3.63) is 0 Å². The predicted octanol–water partition coefficient (Wildman–Crippen LogP) is -1.58. The number of nitrogens with two attached hydrogens (primary N) is 1. The molecule has 0 aromatic rings. The van der Waals surface area contributed by atoms with Crippen LogP contribution in [-0.2, 0) is 4.79 Å². The second kappa shape index (κ2) is 3.40. The van der Waals surface area contributed by atoms with E-state index in [0.29, 0.717) is 13.1 Å². The fourth-order valence-electron chi connectivity index (χ4n) is 1.11. The molecule has 12 heavy (non-hydrogen) atoms. The Kier molecular flexibility index (Phi) is 2.49. The summed E-state index contributed by atoms with van der Waals surface area (Å²) in [5.74, 6) is -0.513. The van der Waals surface area contributed by atoms with Crippen LogP contribution in [0, 0.1) is 0 Å². The van der Waals surface area contributed by atoms with Gasteiger partial charge in [-0.1, -0.05) is 0 Å². The average Bonchev–Trinajstić information content (AvgIpc) is 2.04. The summed E-state index contributed by atoms with van der Waals surface area (Å²) in [5.41, 5.74) is 5.01. The standard InChI is InChI=1S/C6H11N3O3/c7-5(10)4-3-9(6(11)12)2-1-8-4/h4,8H,1-3H2,(H2,7,10)(H,11,12). The van der Waals surface area contributed by atoms with Crippen molar-refractivity contribution in [2.24, 2.45) is 5.73 Å².